The van der Waals surface area contributed by atoms with Crippen molar-refractivity contribution in [1.29, 1.82) is 0 Å². The summed E-state index contributed by atoms with van der Waals surface area (Å²) in [4.78, 5) is 0. The van der Waals surface area contributed by atoms with Gasteiger partial charge in [-0.05, 0) is 32.2 Å². The van der Waals surface area contributed by atoms with Crippen LogP contribution in [-0.2, 0) is 12.5 Å². The summed E-state index contributed by atoms with van der Waals surface area (Å²) < 4.78 is 7.43. The molecule has 0 saturated heterocycles. The van der Waals surface area contributed by atoms with E-state index in [4.69, 9.17) is 4.74 Å². The summed E-state index contributed by atoms with van der Waals surface area (Å²) in [5.41, 5.74) is 1.42. The van der Waals surface area contributed by atoms with Crippen LogP contribution >= 0.6 is 0 Å². The fraction of sp³-hybridized carbons (Fsp3) is 0.786. The van der Waals surface area contributed by atoms with E-state index in [1.165, 1.54) is 31.4 Å². The van der Waals surface area contributed by atoms with Crippen molar-refractivity contribution in [2.45, 2.75) is 51.0 Å². The quantitative estimate of drug-likeness (QED) is 0.872. The summed E-state index contributed by atoms with van der Waals surface area (Å²) in [5.74, 6) is 0.927. The normalized spacial score (nSPS) is 27.7. The van der Waals surface area contributed by atoms with Crippen molar-refractivity contribution in [3.8, 4) is 5.75 Å². The van der Waals surface area contributed by atoms with Crippen LogP contribution in [0.1, 0.15) is 45.2 Å². The number of ether oxygens (including phenoxy) is 1. The Balaban J connectivity index is 2.15. The molecule has 1 aromatic rings. The molecule has 1 aromatic heterocycles. The minimum absolute atomic E-state index is 0.183. The van der Waals surface area contributed by atoms with Gasteiger partial charge >= 0.3 is 0 Å². The second-order valence-corrected chi connectivity index (χ2v) is 5.64. The number of nitrogens with zero attached hydrogens (tertiary/aromatic N) is 2. The lowest BCUT2D eigenvalue weighted by Gasteiger charge is -2.25. The van der Waals surface area contributed by atoms with Crippen LogP contribution in [-0.4, -0.2) is 29.5 Å². The molecule has 1 aliphatic carbocycles. The molecule has 4 nitrogen and oxygen atoms in total. The van der Waals surface area contributed by atoms with Crippen molar-refractivity contribution >= 4 is 0 Å². The molecule has 0 aliphatic heterocycles. The highest BCUT2D eigenvalue weighted by Gasteiger charge is 2.40. The van der Waals surface area contributed by atoms with E-state index in [1.54, 1.807) is 7.11 Å². The van der Waals surface area contributed by atoms with E-state index in [1.807, 2.05) is 17.9 Å². The van der Waals surface area contributed by atoms with E-state index < -0.39 is 0 Å². The lowest BCUT2D eigenvalue weighted by Crippen LogP contribution is -2.30. The first-order chi connectivity index (χ1) is 8.60. The Morgan fingerprint density at radius 1 is 1.61 bits per heavy atom. The van der Waals surface area contributed by atoms with Gasteiger partial charge in [0.2, 0.25) is 0 Å². The molecular formula is C14H25N3O. The number of methoxy groups -OCH3 is 1. The molecule has 18 heavy (non-hydrogen) atoms. The average Bonchev–Trinajstić information content (AvgIpc) is 2.91. The van der Waals surface area contributed by atoms with Gasteiger partial charge in [0.15, 0.2) is 5.75 Å². The van der Waals surface area contributed by atoms with Crippen LogP contribution in [0, 0.1) is 0 Å². The first-order valence-corrected chi connectivity index (χ1v) is 6.90. The van der Waals surface area contributed by atoms with E-state index in [2.05, 4.69) is 24.3 Å². The van der Waals surface area contributed by atoms with Gasteiger partial charge in [-0.2, -0.15) is 5.10 Å². The maximum absolute atomic E-state index is 5.46. The zero-order valence-corrected chi connectivity index (χ0v) is 12.0. The second kappa shape index (κ2) is 5.31. The Bertz CT molecular complexity index is 402. The highest BCUT2D eigenvalue weighted by molar-refractivity contribution is 5.33. The Morgan fingerprint density at radius 2 is 2.39 bits per heavy atom. The lowest BCUT2D eigenvalue weighted by atomic mass is 9.84. The molecule has 0 radical (unpaired) electrons. The minimum atomic E-state index is 0.183. The number of aryl methyl sites for hydroxylation is 1. The monoisotopic (exact) mass is 251 g/mol. The Morgan fingerprint density at radius 3 is 3.06 bits per heavy atom. The van der Waals surface area contributed by atoms with Crippen molar-refractivity contribution in [2.75, 3.05) is 13.7 Å². The van der Waals surface area contributed by atoms with E-state index >= 15 is 0 Å². The molecule has 1 heterocycles. The molecule has 1 N–H and O–H groups in total. The van der Waals surface area contributed by atoms with Crippen LogP contribution in [0.2, 0.25) is 0 Å². The van der Waals surface area contributed by atoms with Gasteiger partial charge in [0, 0.05) is 18.5 Å². The number of rotatable bonds is 5. The topological polar surface area (TPSA) is 39.1 Å². The van der Waals surface area contributed by atoms with Crippen molar-refractivity contribution in [3.05, 3.63) is 11.9 Å². The van der Waals surface area contributed by atoms with Crippen molar-refractivity contribution in [2.24, 2.45) is 7.05 Å². The van der Waals surface area contributed by atoms with E-state index in [0.29, 0.717) is 6.04 Å². The average molecular weight is 251 g/mol. The van der Waals surface area contributed by atoms with Gasteiger partial charge in [-0.1, -0.05) is 13.8 Å². The summed E-state index contributed by atoms with van der Waals surface area (Å²) >= 11 is 0. The van der Waals surface area contributed by atoms with Gasteiger partial charge in [0.1, 0.15) is 0 Å². The molecule has 0 spiro atoms. The van der Waals surface area contributed by atoms with Gasteiger partial charge in [0.25, 0.3) is 0 Å². The Labute approximate surface area is 110 Å². The summed E-state index contributed by atoms with van der Waals surface area (Å²) in [7, 11) is 3.74. The highest BCUT2D eigenvalue weighted by Crippen LogP contribution is 2.44. The number of hydrogen-bond donors (Lipinski definition) is 1. The molecule has 2 atom stereocenters. The largest absolute Gasteiger partial charge is 0.493 e. The zero-order chi connectivity index (χ0) is 13.2. The number of aromatic nitrogens is 2. The standard InChI is InChI=1S/C14H25N3O/c1-5-8-15-11-6-7-14(2,9-11)13-12(18-4)10-16-17(13)3/h10-11,15H,5-9H2,1-4H3. The summed E-state index contributed by atoms with van der Waals surface area (Å²) in [6, 6.07) is 0.634. The van der Waals surface area contributed by atoms with Crippen LogP contribution in [0.15, 0.2) is 6.20 Å². The van der Waals surface area contributed by atoms with Gasteiger partial charge in [-0.25, -0.2) is 0 Å². The minimum Gasteiger partial charge on any atom is -0.493 e. The first kappa shape index (κ1) is 13.4. The fourth-order valence-corrected chi connectivity index (χ4v) is 3.23. The molecule has 4 heteroatoms. The van der Waals surface area contributed by atoms with E-state index in [-0.39, 0.29) is 5.41 Å². The third-order valence-electron chi connectivity index (χ3n) is 4.12. The lowest BCUT2D eigenvalue weighted by molar-refractivity contribution is 0.369. The summed E-state index contributed by atoms with van der Waals surface area (Å²) in [5, 5.41) is 7.97. The smallest absolute Gasteiger partial charge is 0.160 e. The Kier molecular flexibility index (Phi) is 3.95. The highest BCUT2D eigenvalue weighted by atomic mass is 16.5. The third kappa shape index (κ3) is 2.39. The van der Waals surface area contributed by atoms with Gasteiger partial charge < -0.3 is 10.1 Å². The molecule has 2 rings (SSSR count). The van der Waals surface area contributed by atoms with E-state index in [0.717, 1.165) is 12.3 Å². The van der Waals surface area contributed by atoms with Crippen LogP contribution < -0.4 is 10.1 Å². The van der Waals surface area contributed by atoms with Crippen LogP contribution in [0.4, 0.5) is 0 Å². The molecule has 1 saturated carbocycles. The molecule has 0 bridgehead atoms. The van der Waals surface area contributed by atoms with Crippen molar-refractivity contribution in [1.82, 2.24) is 15.1 Å². The molecule has 2 unspecified atom stereocenters. The van der Waals surface area contributed by atoms with Crippen LogP contribution in [0.25, 0.3) is 0 Å². The van der Waals surface area contributed by atoms with Crippen molar-refractivity contribution in [3.63, 3.8) is 0 Å². The van der Waals surface area contributed by atoms with Crippen molar-refractivity contribution < 1.29 is 4.74 Å². The maximum Gasteiger partial charge on any atom is 0.160 e. The predicted molar refractivity (Wildman–Crippen MR) is 73.0 cm³/mol. The summed E-state index contributed by atoms with van der Waals surface area (Å²) in [6.45, 7) is 5.66. The van der Waals surface area contributed by atoms with Gasteiger partial charge in [-0.15, -0.1) is 0 Å². The Hall–Kier alpha value is -1.03. The molecule has 1 aliphatic rings. The molecule has 1 fully saturated rings. The zero-order valence-electron chi connectivity index (χ0n) is 12.0. The first-order valence-electron chi connectivity index (χ1n) is 6.90. The number of hydrogen-bond acceptors (Lipinski definition) is 3. The fourth-order valence-electron chi connectivity index (χ4n) is 3.23. The van der Waals surface area contributed by atoms with E-state index in [9.17, 15) is 0 Å². The number of nitrogens with one attached hydrogen (secondary N) is 1. The van der Waals surface area contributed by atoms with Crippen LogP contribution in [0.5, 0.6) is 5.75 Å². The molecule has 0 aromatic carbocycles. The second-order valence-electron chi connectivity index (χ2n) is 5.64. The molecule has 102 valence electrons. The van der Waals surface area contributed by atoms with Crippen LogP contribution in [0.3, 0.4) is 0 Å². The predicted octanol–water partition coefficient (Wildman–Crippen LogP) is 2.24. The van der Waals surface area contributed by atoms with Gasteiger partial charge in [0.05, 0.1) is 19.0 Å². The SMILES string of the molecule is CCCNC1CCC(C)(c2c(OC)cnn2C)C1. The molecule has 0 amide bonds. The summed E-state index contributed by atoms with van der Waals surface area (Å²) in [6.07, 6.45) is 6.63. The van der Waals surface area contributed by atoms with Gasteiger partial charge in [-0.3, -0.25) is 4.68 Å². The third-order valence-corrected chi connectivity index (χ3v) is 4.12. The molecular weight excluding hydrogens is 226 g/mol. The maximum atomic E-state index is 5.46.